The molecule has 4 N–H and O–H groups in total. The molecule has 8 heteroatoms. The number of aromatic nitrogens is 2. The number of carbonyl (C=O) groups excluding carboxylic acids is 2. The standard InChI is InChI=1S/C11H18N4O4/c1-11(2,3)19-10(18)12-6-7(16)9(17)14-8-4-5-13-15-8/h4-5,7,16H,6H2,1-3H3,(H,12,18)(H2,13,14,15,17). The molecule has 0 aliphatic rings. The molecule has 106 valence electrons. The fourth-order valence-electron chi connectivity index (χ4n) is 1.13. The van der Waals surface area contributed by atoms with Crippen LogP contribution in [-0.2, 0) is 9.53 Å². The van der Waals surface area contributed by atoms with Gasteiger partial charge in [-0.3, -0.25) is 9.89 Å². The molecule has 2 amide bonds. The van der Waals surface area contributed by atoms with Gasteiger partial charge < -0.3 is 20.5 Å². The Morgan fingerprint density at radius 1 is 1.53 bits per heavy atom. The van der Waals surface area contributed by atoms with E-state index in [2.05, 4.69) is 20.8 Å². The average molecular weight is 270 g/mol. The van der Waals surface area contributed by atoms with Crippen LogP contribution in [0.2, 0.25) is 0 Å². The van der Waals surface area contributed by atoms with Gasteiger partial charge >= 0.3 is 6.09 Å². The van der Waals surface area contributed by atoms with Crippen molar-refractivity contribution in [3.05, 3.63) is 12.3 Å². The molecule has 19 heavy (non-hydrogen) atoms. The minimum Gasteiger partial charge on any atom is -0.444 e. The SMILES string of the molecule is CC(C)(C)OC(=O)NCC(O)C(=O)Nc1ccn[nH]1. The van der Waals surface area contributed by atoms with Crippen LogP contribution in [0.5, 0.6) is 0 Å². The number of aliphatic hydroxyl groups excluding tert-OH is 1. The van der Waals surface area contributed by atoms with Crippen molar-refractivity contribution in [1.82, 2.24) is 15.5 Å². The van der Waals surface area contributed by atoms with E-state index in [9.17, 15) is 14.7 Å². The number of H-pyrrole nitrogens is 1. The number of rotatable bonds is 4. The summed E-state index contributed by atoms with van der Waals surface area (Å²) in [5, 5.41) is 20.4. The molecule has 1 aromatic heterocycles. The van der Waals surface area contributed by atoms with Gasteiger partial charge in [0.2, 0.25) is 0 Å². The maximum Gasteiger partial charge on any atom is 0.407 e. The van der Waals surface area contributed by atoms with E-state index in [0.717, 1.165) is 0 Å². The lowest BCUT2D eigenvalue weighted by atomic mass is 10.2. The number of nitrogens with one attached hydrogen (secondary N) is 3. The third kappa shape index (κ3) is 5.87. The molecule has 8 nitrogen and oxygen atoms in total. The second-order valence-electron chi connectivity index (χ2n) is 4.86. The van der Waals surface area contributed by atoms with Crippen LogP contribution in [0.1, 0.15) is 20.8 Å². The lowest BCUT2D eigenvalue weighted by molar-refractivity contribution is -0.123. The number of nitrogens with zero attached hydrogens (tertiary/aromatic N) is 1. The van der Waals surface area contributed by atoms with Crippen LogP contribution < -0.4 is 10.6 Å². The van der Waals surface area contributed by atoms with Gasteiger partial charge in [0.05, 0.1) is 12.7 Å². The zero-order chi connectivity index (χ0) is 14.5. The van der Waals surface area contributed by atoms with Gasteiger partial charge in [-0.1, -0.05) is 0 Å². The Balaban J connectivity index is 2.32. The fraction of sp³-hybridized carbons (Fsp3) is 0.545. The Morgan fingerprint density at radius 3 is 2.74 bits per heavy atom. The van der Waals surface area contributed by atoms with Crippen LogP contribution in [0, 0.1) is 0 Å². The summed E-state index contributed by atoms with van der Waals surface area (Å²) < 4.78 is 4.96. The summed E-state index contributed by atoms with van der Waals surface area (Å²) in [5.74, 6) is -0.290. The predicted octanol–water partition coefficient (Wildman–Crippen LogP) is 0.234. The average Bonchev–Trinajstić information content (AvgIpc) is 2.76. The number of aromatic amines is 1. The molecule has 1 heterocycles. The highest BCUT2D eigenvalue weighted by atomic mass is 16.6. The van der Waals surface area contributed by atoms with Crippen molar-refractivity contribution in [1.29, 1.82) is 0 Å². The van der Waals surface area contributed by atoms with Crippen LogP contribution in [0.25, 0.3) is 0 Å². The number of amides is 2. The summed E-state index contributed by atoms with van der Waals surface area (Å²) in [6.07, 6.45) is -0.613. The van der Waals surface area contributed by atoms with Crippen molar-refractivity contribution < 1.29 is 19.4 Å². The quantitative estimate of drug-likeness (QED) is 0.625. The van der Waals surface area contributed by atoms with Gasteiger partial charge in [-0.25, -0.2) is 4.79 Å². The zero-order valence-electron chi connectivity index (χ0n) is 11.1. The molecule has 0 bridgehead atoms. The van der Waals surface area contributed by atoms with Gasteiger partial charge in [-0.05, 0) is 20.8 Å². The maximum atomic E-state index is 11.5. The largest absolute Gasteiger partial charge is 0.444 e. The Bertz CT molecular complexity index is 424. The van der Waals surface area contributed by atoms with E-state index in [0.29, 0.717) is 5.82 Å². The summed E-state index contributed by atoms with van der Waals surface area (Å²) in [4.78, 5) is 22.8. The van der Waals surface area contributed by atoms with E-state index in [1.807, 2.05) is 0 Å². The van der Waals surface area contributed by atoms with E-state index in [4.69, 9.17) is 4.74 Å². The zero-order valence-corrected chi connectivity index (χ0v) is 11.1. The molecule has 0 aromatic carbocycles. The number of ether oxygens (including phenoxy) is 1. The molecule has 0 fully saturated rings. The summed E-state index contributed by atoms with van der Waals surface area (Å²) in [5.41, 5.74) is -0.632. The van der Waals surface area contributed by atoms with E-state index < -0.39 is 23.7 Å². The highest BCUT2D eigenvalue weighted by molar-refractivity contribution is 5.93. The van der Waals surface area contributed by atoms with Gasteiger partial charge in [0.25, 0.3) is 5.91 Å². The molecule has 1 rings (SSSR count). The molecule has 0 aliphatic carbocycles. The normalized spacial score (nSPS) is 12.6. The van der Waals surface area contributed by atoms with Crippen molar-refractivity contribution in [2.45, 2.75) is 32.5 Å². The van der Waals surface area contributed by atoms with Crippen LogP contribution in [0.3, 0.4) is 0 Å². The van der Waals surface area contributed by atoms with Crippen molar-refractivity contribution in [3.8, 4) is 0 Å². The topological polar surface area (TPSA) is 116 Å². The minimum absolute atomic E-state index is 0.241. The lowest BCUT2D eigenvalue weighted by Crippen LogP contribution is -2.41. The minimum atomic E-state index is -1.38. The maximum absolute atomic E-state index is 11.5. The molecule has 1 unspecified atom stereocenters. The highest BCUT2D eigenvalue weighted by Crippen LogP contribution is 2.06. The Labute approximate surface area is 110 Å². The summed E-state index contributed by atoms with van der Waals surface area (Å²) in [6.45, 7) is 4.91. The number of hydrogen-bond donors (Lipinski definition) is 4. The summed E-state index contributed by atoms with van der Waals surface area (Å²) in [6, 6.07) is 1.53. The molecular formula is C11H18N4O4. The van der Waals surface area contributed by atoms with Crippen molar-refractivity contribution in [2.75, 3.05) is 11.9 Å². The lowest BCUT2D eigenvalue weighted by Gasteiger charge is -2.20. The summed E-state index contributed by atoms with van der Waals surface area (Å²) in [7, 11) is 0. The molecule has 0 aliphatic heterocycles. The first-order valence-electron chi connectivity index (χ1n) is 5.73. The van der Waals surface area contributed by atoms with Crippen LogP contribution in [0.4, 0.5) is 10.6 Å². The molecule has 0 radical (unpaired) electrons. The first kappa shape index (κ1) is 15.0. The Kier molecular flexibility index (Phi) is 4.87. The number of carbonyl (C=O) groups is 2. The van der Waals surface area contributed by atoms with E-state index in [1.165, 1.54) is 12.3 Å². The van der Waals surface area contributed by atoms with Crippen molar-refractivity contribution in [3.63, 3.8) is 0 Å². The second-order valence-corrected chi connectivity index (χ2v) is 4.86. The van der Waals surface area contributed by atoms with Gasteiger partial charge in [0, 0.05) is 6.07 Å². The van der Waals surface area contributed by atoms with Crippen LogP contribution in [0.15, 0.2) is 12.3 Å². The Morgan fingerprint density at radius 2 is 2.21 bits per heavy atom. The van der Waals surface area contributed by atoms with Crippen molar-refractivity contribution in [2.24, 2.45) is 0 Å². The first-order chi connectivity index (χ1) is 8.78. The number of anilines is 1. The predicted molar refractivity (Wildman–Crippen MR) is 67.5 cm³/mol. The van der Waals surface area contributed by atoms with Gasteiger partial charge in [-0.15, -0.1) is 0 Å². The van der Waals surface area contributed by atoms with E-state index in [-0.39, 0.29) is 6.54 Å². The van der Waals surface area contributed by atoms with Gasteiger partial charge in [-0.2, -0.15) is 5.10 Å². The molecule has 1 atom stereocenters. The second kappa shape index (κ2) is 6.19. The molecule has 0 spiro atoms. The van der Waals surface area contributed by atoms with Gasteiger partial charge in [0.15, 0.2) is 6.10 Å². The molecule has 1 aromatic rings. The van der Waals surface area contributed by atoms with Gasteiger partial charge in [0.1, 0.15) is 11.4 Å². The number of hydrogen-bond acceptors (Lipinski definition) is 5. The van der Waals surface area contributed by atoms with Crippen LogP contribution in [-0.4, -0.2) is 45.6 Å². The first-order valence-corrected chi connectivity index (χ1v) is 5.73. The monoisotopic (exact) mass is 270 g/mol. The molecule has 0 saturated heterocycles. The van der Waals surface area contributed by atoms with Crippen LogP contribution >= 0.6 is 0 Å². The smallest absolute Gasteiger partial charge is 0.407 e. The number of aliphatic hydroxyl groups is 1. The Hall–Kier alpha value is -2.09. The molecule has 0 saturated carbocycles. The fourth-order valence-corrected chi connectivity index (χ4v) is 1.13. The third-order valence-electron chi connectivity index (χ3n) is 1.90. The highest BCUT2D eigenvalue weighted by Gasteiger charge is 2.20. The number of alkyl carbamates (subject to hydrolysis) is 1. The van der Waals surface area contributed by atoms with E-state index >= 15 is 0 Å². The summed E-state index contributed by atoms with van der Waals surface area (Å²) >= 11 is 0. The molecular weight excluding hydrogens is 252 g/mol. The third-order valence-corrected chi connectivity index (χ3v) is 1.90. The van der Waals surface area contributed by atoms with E-state index in [1.54, 1.807) is 20.8 Å². The van der Waals surface area contributed by atoms with Crippen molar-refractivity contribution >= 4 is 17.8 Å².